The zero-order chi connectivity index (χ0) is 23.6. The molecule has 0 spiro atoms. The Kier molecular flexibility index (Phi) is 6.79. The normalized spacial score (nSPS) is 11.5. The number of aromatic amines is 1. The predicted octanol–water partition coefficient (Wildman–Crippen LogP) is 4.97. The van der Waals surface area contributed by atoms with Gasteiger partial charge in [0.25, 0.3) is 11.4 Å². The van der Waals surface area contributed by atoms with Crippen LogP contribution in [-0.2, 0) is 6.18 Å². The highest BCUT2D eigenvalue weighted by atomic mass is 35.5. The lowest BCUT2D eigenvalue weighted by Crippen LogP contribution is -2.36. The van der Waals surface area contributed by atoms with Crippen LogP contribution in [0.5, 0.6) is 17.4 Å². The molecule has 1 N–H and O–H groups in total. The maximum atomic E-state index is 14.7. The Hall–Kier alpha value is -3.05. The highest BCUT2D eigenvalue weighted by Gasteiger charge is 2.33. The molecule has 0 aliphatic rings. The molecule has 0 saturated heterocycles. The summed E-state index contributed by atoms with van der Waals surface area (Å²) in [5.41, 5.74) is -5.47. The average Bonchev–Trinajstić information content (AvgIpc) is 2.71. The minimum atomic E-state index is -5.00. The van der Waals surface area contributed by atoms with Gasteiger partial charge in [0.1, 0.15) is 16.4 Å². The van der Waals surface area contributed by atoms with Crippen molar-refractivity contribution in [3.8, 4) is 23.1 Å². The molecular weight excluding hydrogens is 481 g/mol. The maximum absolute atomic E-state index is 14.7. The minimum absolute atomic E-state index is 0.0379. The van der Waals surface area contributed by atoms with E-state index in [9.17, 15) is 27.2 Å². The van der Waals surface area contributed by atoms with Crippen molar-refractivity contribution in [3.63, 3.8) is 0 Å². The molecule has 0 amide bonds. The van der Waals surface area contributed by atoms with E-state index in [0.29, 0.717) is 19.1 Å². The smallest absolute Gasteiger partial charge is 0.431 e. The van der Waals surface area contributed by atoms with E-state index in [1.807, 2.05) is 6.92 Å². The topological polar surface area (TPSA) is 86.2 Å². The van der Waals surface area contributed by atoms with Crippen LogP contribution in [0.4, 0.5) is 17.6 Å². The SMILES string of the molecule is CCCOc1ncccc1Oc1c(Cl)cc(F)c(-n2c(=O)cc(C(F)(F)F)[nH]c2=O)c1Cl. The summed E-state index contributed by atoms with van der Waals surface area (Å²) in [7, 11) is 0. The Labute approximate surface area is 187 Å². The fraction of sp³-hybridized carbons (Fsp3) is 0.211. The Morgan fingerprint density at radius 1 is 1.22 bits per heavy atom. The Balaban J connectivity index is 2.16. The zero-order valence-corrected chi connectivity index (χ0v) is 17.6. The Morgan fingerprint density at radius 2 is 1.94 bits per heavy atom. The van der Waals surface area contributed by atoms with Crippen LogP contribution >= 0.6 is 23.2 Å². The molecule has 32 heavy (non-hydrogen) atoms. The number of alkyl halides is 3. The highest BCUT2D eigenvalue weighted by Crippen LogP contribution is 2.42. The van der Waals surface area contributed by atoms with E-state index in [1.165, 1.54) is 23.3 Å². The lowest BCUT2D eigenvalue weighted by atomic mass is 10.2. The van der Waals surface area contributed by atoms with Crippen LogP contribution < -0.4 is 20.7 Å². The number of H-pyrrole nitrogens is 1. The van der Waals surface area contributed by atoms with E-state index in [0.717, 1.165) is 0 Å². The Morgan fingerprint density at radius 3 is 2.56 bits per heavy atom. The number of nitrogens with one attached hydrogen (secondary N) is 1. The van der Waals surface area contributed by atoms with Gasteiger partial charge < -0.3 is 14.5 Å². The fourth-order valence-corrected chi connectivity index (χ4v) is 3.18. The van der Waals surface area contributed by atoms with Crippen LogP contribution in [0.1, 0.15) is 19.0 Å². The molecule has 0 aliphatic carbocycles. The van der Waals surface area contributed by atoms with Crippen molar-refractivity contribution in [1.29, 1.82) is 0 Å². The second-order valence-corrected chi connectivity index (χ2v) is 7.03. The lowest BCUT2D eigenvalue weighted by Gasteiger charge is -2.16. The van der Waals surface area contributed by atoms with Crippen LogP contribution in [0.15, 0.2) is 40.1 Å². The lowest BCUT2D eigenvalue weighted by molar-refractivity contribution is -0.141. The molecule has 1 aromatic carbocycles. The summed E-state index contributed by atoms with van der Waals surface area (Å²) in [6.07, 6.45) is -2.90. The first-order valence-electron chi connectivity index (χ1n) is 8.91. The summed E-state index contributed by atoms with van der Waals surface area (Å²) in [4.78, 5) is 30.0. The summed E-state index contributed by atoms with van der Waals surface area (Å²) < 4.78 is 64.4. The van der Waals surface area contributed by atoms with Crippen LogP contribution in [0.3, 0.4) is 0 Å². The van der Waals surface area contributed by atoms with E-state index in [4.69, 9.17) is 32.7 Å². The van der Waals surface area contributed by atoms with Gasteiger partial charge in [0.15, 0.2) is 17.3 Å². The van der Waals surface area contributed by atoms with Crippen LogP contribution in [0, 0.1) is 5.82 Å². The Bertz CT molecular complexity index is 1240. The van der Waals surface area contributed by atoms with E-state index in [-0.39, 0.29) is 33.0 Å². The number of ether oxygens (including phenoxy) is 2. The third-order valence-electron chi connectivity index (χ3n) is 3.96. The third kappa shape index (κ3) is 4.73. The minimum Gasteiger partial charge on any atom is -0.475 e. The van der Waals surface area contributed by atoms with Gasteiger partial charge in [0, 0.05) is 12.3 Å². The standard InChI is InChI=1S/C19H13Cl2F4N3O4/c1-2-6-31-17-11(4-3-5-26-17)32-16-9(20)7-10(22)15(14(16)21)28-13(29)8-12(19(23,24)25)27-18(28)30/h3-5,7-8H,2,6H2,1H3,(H,27,30). The number of rotatable bonds is 6. The van der Waals surface area contributed by atoms with Gasteiger partial charge in [0.2, 0.25) is 0 Å². The van der Waals surface area contributed by atoms with Gasteiger partial charge in [0.05, 0.1) is 11.6 Å². The number of aromatic nitrogens is 3. The van der Waals surface area contributed by atoms with Crippen molar-refractivity contribution in [2.75, 3.05) is 6.61 Å². The van der Waals surface area contributed by atoms with Crippen molar-refractivity contribution >= 4 is 23.2 Å². The molecule has 2 heterocycles. The van der Waals surface area contributed by atoms with E-state index < -0.39 is 39.6 Å². The molecule has 7 nitrogen and oxygen atoms in total. The summed E-state index contributed by atoms with van der Waals surface area (Å²) >= 11 is 12.2. The number of benzene rings is 1. The second kappa shape index (κ2) is 9.21. The molecule has 0 unspecified atom stereocenters. The average molecular weight is 494 g/mol. The fourth-order valence-electron chi connectivity index (χ4n) is 2.59. The van der Waals surface area contributed by atoms with Gasteiger partial charge in [-0.25, -0.2) is 18.7 Å². The van der Waals surface area contributed by atoms with E-state index in [1.54, 1.807) is 0 Å². The molecule has 0 radical (unpaired) electrons. The van der Waals surface area contributed by atoms with Gasteiger partial charge in [-0.1, -0.05) is 30.1 Å². The number of hydrogen-bond acceptors (Lipinski definition) is 5. The van der Waals surface area contributed by atoms with Crippen LogP contribution in [-0.4, -0.2) is 21.1 Å². The molecule has 0 aliphatic heterocycles. The summed E-state index contributed by atoms with van der Waals surface area (Å²) in [6.45, 7) is 2.17. The van der Waals surface area contributed by atoms with Crippen LogP contribution in [0.2, 0.25) is 10.0 Å². The zero-order valence-electron chi connectivity index (χ0n) is 16.1. The molecule has 170 valence electrons. The second-order valence-electron chi connectivity index (χ2n) is 6.25. The monoisotopic (exact) mass is 493 g/mol. The van der Waals surface area contributed by atoms with Gasteiger partial charge in [-0.2, -0.15) is 13.2 Å². The van der Waals surface area contributed by atoms with Gasteiger partial charge >= 0.3 is 11.9 Å². The van der Waals surface area contributed by atoms with Crippen molar-refractivity contribution in [2.45, 2.75) is 19.5 Å². The molecule has 3 aromatic rings. The molecule has 3 rings (SSSR count). The summed E-state index contributed by atoms with van der Waals surface area (Å²) in [5, 5.41) is -0.967. The first kappa shape index (κ1) is 23.6. The number of pyridine rings is 1. The number of nitrogens with zero attached hydrogens (tertiary/aromatic N) is 2. The molecule has 0 bridgehead atoms. The third-order valence-corrected chi connectivity index (χ3v) is 4.59. The highest BCUT2D eigenvalue weighted by molar-refractivity contribution is 6.38. The largest absolute Gasteiger partial charge is 0.475 e. The van der Waals surface area contributed by atoms with E-state index in [2.05, 4.69) is 4.98 Å². The predicted molar refractivity (Wildman–Crippen MR) is 108 cm³/mol. The molecule has 0 saturated carbocycles. The molecular formula is C19H13Cl2F4N3O4. The van der Waals surface area contributed by atoms with Gasteiger partial charge in [-0.15, -0.1) is 0 Å². The molecule has 0 fully saturated rings. The molecule has 0 atom stereocenters. The van der Waals surface area contributed by atoms with Crippen molar-refractivity contribution in [1.82, 2.24) is 14.5 Å². The summed E-state index contributed by atoms with van der Waals surface area (Å²) in [5.74, 6) is -1.51. The van der Waals surface area contributed by atoms with Gasteiger partial charge in [-0.05, 0) is 24.6 Å². The molecule has 2 aromatic heterocycles. The number of halogens is 6. The molecule has 13 heteroatoms. The van der Waals surface area contributed by atoms with Crippen LogP contribution in [0.25, 0.3) is 5.69 Å². The summed E-state index contributed by atoms with van der Waals surface area (Å²) in [6, 6.07) is 3.75. The quantitative estimate of drug-likeness (QED) is 0.490. The van der Waals surface area contributed by atoms with Crippen molar-refractivity contribution in [2.24, 2.45) is 0 Å². The first-order valence-corrected chi connectivity index (χ1v) is 9.67. The number of hydrogen-bond donors (Lipinski definition) is 1. The van der Waals surface area contributed by atoms with Crippen molar-refractivity contribution in [3.05, 3.63) is 72.9 Å². The van der Waals surface area contributed by atoms with Gasteiger partial charge in [-0.3, -0.25) is 4.79 Å². The first-order chi connectivity index (χ1) is 15.0. The van der Waals surface area contributed by atoms with Crippen molar-refractivity contribution < 1.29 is 27.0 Å². The maximum Gasteiger partial charge on any atom is 0.431 e. The van der Waals surface area contributed by atoms with E-state index >= 15 is 0 Å².